The van der Waals surface area contributed by atoms with Gasteiger partial charge in [-0.25, -0.2) is 8.42 Å². The Labute approximate surface area is 104 Å². The van der Waals surface area contributed by atoms with Crippen molar-refractivity contribution < 1.29 is 8.42 Å². The fourth-order valence-electron chi connectivity index (χ4n) is 1.43. The van der Waals surface area contributed by atoms with Crippen molar-refractivity contribution >= 4 is 26.9 Å². The molecule has 0 saturated carbocycles. The Balaban J connectivity index is 2.20. The van der Waals surface area contributed by atoms with Crippen LogP contribution < -0.4 is 5.73 Å². The second kappa shape index (κ2) is 4.50. The van der Waals surface area contributed by atoms with Gasteiger partial charge >= 0.3 is 0 Å². The van der Waals surface area contributed by atoms with Crippen molar-refractivity contribution in [2.24, 2.45) is 0 Å². The van der Waals surface area contributed by atoms with Gasteiger partial charge in [0.25, 0.3) is 0 Å². The van der Waals surface area contributed by atoms with E-state index in [0.717, 1.165) is 5.56 Å². The van der Waals surface area contributed by atoms with Crippen molar-refractivity contribution in [2.45, 2.75) is 6.54 Å². The average molecular weight is 271 g/mol. The first-order valence-corrected chi connectivity index (χ1v) is 7.99. The highest BCUT2D eigenvalue weighted by molar-refractivity contribution is 7.90. The molecular weight excluding hydrogens is 258 g/mol. The Bertz CT molecular complexity index is 600. The summed E-state index contributed by atoms with van der Waals surface area (Å²) >= 11 is 1.57. The first-order chi connectivity index (χ1) is 7.96. The third-order valence-electron chi connectivity index (χ3n) is 2.28. The fourth-order valence-corrected chi connectivity index (χ4v) is 2.59. The lowest BCUT2D eigenvalue weighted by Gasteiger charge is -1.98. The van der Waals surface area contributed by atoms with Crippen LogP contribution in [-0.4, -0.2) is 30.2 Å². The van der Waals surface area contributed by atoms with Gasteiger partial charge < -0.3 is 5.73 Å². The number of aryl methyl sites for hydroxylation is 1. The maximum absolute atomic E-state index is 11.1. The summed E-state index contributed by atoms with van der Waals surface area (Å²) in [5.74, 6) is 0.0667. The molecule has 92 valence electrons. The van der Waals surface area contributed by atoms with Gasteiger partial charge in [0.05, 0.1) is 18.0 Å². The predicted octanol–water partition coefficient (Wildman–Crippen LogP) is 1.24. The Morgan fingerprint density at radius 1 is 1.53 bits per heavy atom. The molecule has 2 aromatic rings. The van der Waals surface area contributed by atoms with Crippen molar-refractivity contribution in [3.05, 3.63) is 23.0 Å². The molecular formula is C10H13N3O2S2. The smallest absolute Gasteiger partial charge is 0.149 e. The zero-order chi connectivity index (χ0) is 12.5. The number of hydrogen-bond donors (Lipinski definition) is 1. The first-order valence-electron chi connectivity index (χ1n) is 4.99. The zero-order valence-corrected chi connectivity index (χ0v) is 11.0. The van der Waals surface area contributed by atoms with Crippen LogP contribution >= 0.6 is 11.3 Å². The van der Waals surface area contributed by atoms with Crippen LogP contribution in [0, 0.1) is 0 Å². The number of nitrogens with two attached hydrogens (primary N) is 1. The zero-order valence-electron chi connectivity index (χ0n) is 9.33. The lowest BCUT2D eigenvalue weighted by Crippen LogP contribution is -2.11. The second-order valence-electron chi connectivity index (χ2n) is 3.84. The standard InChI is InChI=1S/C10H13N3O2S2/c1-17(14,15)5-3-13-6-9(11)10(12-13)8-2-4-16-7-8/h2,4,6-7H,3,5,11H2,1H3. The number of aromatic nitrogens is 2. The molecule has 0 aliphatic carbocycles. The van der Waals surface area contributed by atoms with Crippen LogP contribution in [0.1, 0.15) is 0 Å². The summed E-state index contributed by atoms with van der Waals surface area (Å²) in [6, 6.07) is 1.93. The van der Waals surface area contributed by atoms with Crippen LogP contribution in [0.15, 0.2) is 23.0 Å². The summed E-state index contributed by atoms with van der Waals surface area (Å²) in [7, 11) is -2.98. The van der Waals surface area contributed by atoms with E-state index in [1.54, 1.807) is 22.2 Å². The summed E-state index contributed by atoms with van der Waals surface area (Å²) in [5.41, 5.74) is 8.08. The van der Waals surface area contributed by atoms with Gasteiger partial charge in [-0.15, -0.1) is 0 Å². The quantitative estimate of drug-likeness (QED) is 0.907. The van der Waals surface area contributed by atoms with Crippen LogP contribution in [-0.2, 0) is 16.4 Å². The van der Waals surface area contributed by atoms with E-state index >= 15 is 0 Å². The van der Waals surface area contributed by atoms with Crippen LogP contribution in [0.5, 0.6) is 0 Å². The average Bonchev–Trinajstić information content (AvgIpc) is 2.82. The first kappa shape index (κ1) is 12.1. The molecule has 0 unspecified atom stereocenters. The maximum atomic E-state index is 11.1. The Kier molecular flexibility index (Phi) is 3.21. The van der Waals surface area contributed by atoms with E-state index in [9.17, 15) is 8.42 Å². The molecule has 2 rings (SSSR count). The van der Waals surface area contributed by atoms with E-state index in [0.29, 0.717) is 17.9 Å². The molecule has 2 N–H and O–H groups in total. The molecule has 0 aromatic carbocycles. The van der Waals surface area contributed by atoms with E-state index < -0.39 is 9.84 Å². The van der Waals surface area contributed by atoms with Gasteiger partial charge in [-0.05, 0) is 11.4 Å². The number of rotatable bonds is 4. The monoisotopic (exact) mass is 271 g/mol. The molecule has 0 fully saturated rings. The Morgan fingerprint density at radius 2 is 2.29 bits per heavy atom. The number of nitrogens with zero attached hydrogens (tertiary/aromatic N) is 2. The van der Waals surface area contributed by atoms with Gasteiger partial charge in [0.15, 0.2) is 0 Å². The van der Waals surface area contributed by atoms with E-state index in [-0.39, 0.29) is 5.75 Å². The summed E-state index contributed by atoms with van der Waals surface area (Å²) in [4.78, 5) is 0. The number of sulfone groups is 1. The normalized spacial score (nSPS) is 11.8. The van der Waals surface area contributed by atoms with Gasteiger partial charge in [0.1, 0.15) is 15.5 Å². The van der Waals surface area contributed by atoms with Crippen molar-refractivity contribution in [3.8, 4) is 11.3 Å². The van der Waals surface area contributed by atoms with E-state index in [2.05, 4.69) is 5.10 Å². The molecule has 5 nitrogen and oxygen atoms in total. The van der Waals surface area contributed by atoms with Gasteiger partial charge in [-0.3, -0.25) is 4.68 Å². The molecule has 2 aromatic heterocycles. The van der Waals surface area contributed by atoms with Crippen molar-refractivity contribution in [3.63, 3.8) is 0 Å². The largest absolute Gasteiger partial charge is 0.396 e. The number of thiophene rings is 1. The van der Waals surface area contributed by atoms with Gasteiger partial charge in [0, 0.05) is 23.4 Å². The molecule has 0 aliphatic rings. The van der Waals surface area contributed by atoms with Gasteiger partial charge in [0.2, 0.25) is 0 Å². The van der Waals surface area contributed by atoms with Gasteiger partial charge in [-0.2, -0.15) is 16.4 Å². The van der Waals surface area contributed by atoms with Crippen LogP contribution in [0.2, 0.25) is 0 Å². The van der Waals surface area contributed by atoms with Crippen molar-refractivity contribution in [2.75, 3.05) is 17.7 Å². The van der Waals surface area contributed by atoms with Gasteiger partial charge in [-0.1, -0.05) is 0 Å². The summed E-state index contributed by atoms with van der Waals surface area (Å²) in [5, 5.41) is 8.20. The van der Waals surface area contributed by atoms with E-state index in [4.69, 9.17) is 5.73 Å². The predicted molar refractivity (Wildman–Crippen MR) is 69.7 cm³/mol. The highest BCUT2D eigenvalue weighted by Crippen LogP contribution is 2.25. The van der Waals surface area contributed by atoms with Crippen LogP contribution in [0.4, 0.5) is 5.69 Å². The molecule has 0 saturated heterocycles. The minimum Gasteiger partial charge on any atom is -0.396 e. The van der Waals surface area contributed by atoms with Crippen molar-refractivity contribution in [1.82, 2.24) is 9.78 Å². The summed E-state index contributed by atoms with van der Waals surface area (Å²) in [6.45, 7) is 0.327. The number of nitrogen functional groups attached to an aromatic ring is 1. The molecule has 0 spiro atoms. The third-order valence-corrected chi connectivity index (χ3v) is 3.88. The summed E-state index contributed by atoms with van der Waals surface area (Å²) in [6.07, 6.45) is 2.87. The molecule has 0 aliphatic heterocycles. The Morgan fingerprint density at radius 3 is 2.88 bits per heavy atom. The molecule has 0 radical (unpaired) electrons. The summed E-state index contributed by atoms with van der Waals surface area (Å²) < 4.78 is 23.7. The van der Waals surface area contributed by atoms with E-state index in [1.807, 2.05) is 16.8 Å². The molecule has 7 heteroatoms. The highest BCUT2D eigenvalue weighted by atomic mass is 32.2. The number of hydrogen-bond acceptors (Lipinski definition) is 5. The molecule has 2 heterocycles. The molecule has 17 heavy (non-hydrogen) atoms. The lowest BCUT2D eigenvalue weighted by atomic mass is 10.2. The SMILES string of the molecule is CS(=O)(=O)CCn1cc(N)c(-c2ccsc2)n1. The minimum absolute atomic E-state index is 0.0667. The Hall–Kier alpha value is -1.34. The van der Waals surface area contributed by atoms with Crippen LogP contribution in [0.25, 0.3) is 11.3 Å². The lowest BCUT2D eigenvalue weighted by molar-refractivity contribution is 0.586. The van der Waals surface area contributed by atoms with Crippen molar-refractivity contribution in [1.29, 1.82) is 0 Å². The number of anilines is 1. The highest BCUT2D eigenvalue weighted by Gasteiger charge is 2.10. The molecule has 0 bridgehead atoms. The topological polar surface area (TPSA) is 78.0 Å². The molecule has 0 amide bonds. The second-order valence-corrected chi connectivity index (χ2v) is 6.88. The van der Waals surface area contributed by atoms with E-state index in [1.165, 1.54) is 6.26 Å². The van der Waals surface area contributed by atoms with Crippen LogP contribution in [0.3, 0.4) is 0 Å². The molecule has 0 atom stereocenters. The minimum atomic E-state index is -2.98. The fraction of sp³-hybridized carbons (Fsp3) is 0.300. The maximum Gasteiger partial charge on any atom is 0.149 e. The third kappa shape index (κ3) is 3.07.